The maximum atomic E-state index is 11.9. The Bertz CT molecular complexity index is 354. The molecule has 1 heterocycles. The van der Waals surface area contributed by atoms with Crippen LogP contribution < -0.4 is 0 Å². The molecular weight excluding hydrogens is 194 g/mol. The number of carbonyl (C=O) groups excluding carboxylic acids is 1. The fourth-order valence-corrected chi connectivity index (χ4v) is 1.91. The van der Waals surface area contributed by atoms with Gasteiger partial charge in [0.05, 0.1) is 6.07 Å². The molecule has 1 atom stereocenters. The van der Waals surface area contributed by atoms with Crippen LogP contribution in [-0.2, 0) is 4.79 Å². The maximum absolute atomic E-state index is 11.9. The summed E-state index contributed by atoms with van der Waals surface area (Å²) in [7, 11) is 0. The van der Waals surface area contributed by atoms with Crippen molar-refractivity contribution in [2.45, 2.75) is 26.7 Å². The van der Waals surface area contributed by atoms with Gasteiger partial charge in [-0.2, -0.15) is 5.26 Å². The van der Waals surface area contributed by atoms with E-state index in [0.717, 1.165) is 4.88 Å². The number of hydrogen-bond acceptors (Lipinski definition) is 3. The van der Waals surface area contributed by atoms with Gasteiger partial charge in [0.15, 0.2) is 5.78 Å². The highest BCUT2D eigenvalue weighted by Crippen LogP contribution is 2.29. The number of nitriles is 1. The van der Waals surface area contributed by atoms with Gasteiger partial charge in [0.25, 0.3) is 0 Å². The molecule has 1 rings (SSSR count). The lowest BCUT2D eigenvalue weighted by atomic mass is 9.83. The van der Waals surface area contributed by atoms with Crippen LogP contribution in [0.3, 0.4) is 0 Å². The number of hydrogen-bond donors (Lipinski definition) is 0. The van der Waals surface area contributed by atoms with Crippen molar-refractivity contribution in [1.82, 2.24) is 0 Å². The summed E-state index contributed by atoms with van der Waals surface area (Å²) < 4.78 is 0. The first-order valence-corrected chi connectivity index (χ1v) is 5.32. The minimum atomic E-state index is -0.602. The second-order valence-electron chi connectivity index (χ2n) is 4.19. The van der Waals surface area contributed by atoms with E-state index in [9.17, 15) is 4.79 Å². The van der Waals surface area contributed by atoms with Crippen molar-refractivity contribution in [3.8, 4) is 6.07 Å². The summed E-state index contributed by atoms with van der Waals surface area (Å²) in [6, 6.07) is 5.77. The molecule has 0 bridgehead atoms. The van der Waals surface area contributed by atoms with Gasteiger partial charge < -0.3 is 0 Å². The van der Waals surface area contributed by atoms with Gasteiger partial charge in [0.1, 0.15) is 5.92 Å². The Hall–Kier alpha value is -1.14. The molecule has 0 aliphatic heterocycles. The molecule has 0 saturated carbocycles. The zero-order valence-corrected chi connectivity index (χ0v) is 9.39. The molecule has 0 amide bonds. The summed E-state index contributed by atoms with van der Waals surface area (Å²) in [6.07, 6.45) is 0. The second-order valence-corrected chi connectivity index (χ2v) is 5.17. The molecule has 0 saturated heterocycles. The molecule has 0 aliphatic carbocycles. The molecule has 14 heavy (non-hydrogen) atoms. The zero-order chi connectivity index (χ0) is 10.8. The SMILES string of the molecule is CC(C)(C)C(=O)C(C#N)c1cccs1. The van der Waals surface area contributed by atoms with Crippen molar-refractivity contribution in [2.75, 3.05) is 0 Å². The number of rotatable bonds is 2. The van der Waals surface area contributed by atoms with Gasteiger partial charge >= 0.3 is 0 Å². The van der Waals surface area contributed by atoms with Crippen LogP contribution in [0.15, 0.2) is 17.5 Å². The van der Waals surface area contributed by atoms with Crippen LogP contribution in [0.5, 0.6) is 0 Å². The van der Waals surface area contributed by atoms with Crippen molar-refractivity contribution < 1.29 is 4.79 Å². The van der Waals surface area contributed by atoms with Gasteiger partial charge in [0, 0.05) is 10.3 Å². The average Bonchev–Trinajstić information content (AvgIpc) is 2.57. The fraction of sp³-hybridized carbons (Fsp3) is 0.455. The summed E-state index contributed by atoms with van der Waals surface area (Å²) in [5.74, 6) is -0.613. The minimum Gasteiger partial charge on any atom is -0.297 e. The molecule has 1 aromatic heterocycles. The highest BCUT2D eigenvalue weighted by molar-refractivity contribution is 7.10. The summed E-state index contributed by atoms with van der Waals surface area (Å²) in [6.45, 7) is 5.52. The van der Waals surface area contributed by atoms with Crippen molar-refractivity contribution in [2.24, 2.45) is 5.41 Å². The predicted molar refractivity (Wildman–Crippen MR) is 57.1 cm³/mol. The van der Waals surface area contributed by atoms with Crippen LogP contribution in [0.1, 0.15) is 31.6 Å². The number of thiophene rings is 1. The Balaban J connectivity index is 2.96. The van der Waals surface area contributed by atoms with Crippen molar-refractivity contribution in [1.29, 1.82) is 5.26 Å². The number of ketones is 1. The van der Waals surface area contributed by atoms with Gasteiger partial charge in [-0.1, -0.05) is 26.8 Å². The van der Waals surface area contributed by atoms with Crippen LogP contribution in [0.4, 0.5) is 0 Å². The summed E-state index contributed by atoms with van der Waals surface area (Å²) in [5.41, 5.74) is -0.454. The largest absolute Gasteiger partial charge is 0.297 e. The topological polar surface area (TPSA) is 40.9 Å². The third-order valence-corrected chi connectivity index (χ3v) is 2.90. The Morgan fingerprint density at radius 2 is 2.21 bits per heavy atom. The molecule has 0 aliphatic rings. The van der Waals surface area contributed by atoms with Crippen LogP contribution in [0, 0.1) is 16.7 Å². The molecule has 0 radical (unpaired) electrons. The molecule has 1 unspecified atom stereocenters. The van der Waals surface area contributed by atoms with Gasteiger partial charge in [-0.25, -0.2) is 0 Å². The normalized spacial score (nSPS) is 13.3. The molecule has 3 heteroatoms. The standard InChI is InChI=1S/C11H13NOS/c1-11(2,3)10(13)8(7-12)9-5-4-6-14-9/h4-6,8H,1-3H3. The molecular formula is C11H13NOS. The highest BCUT2D eigenvalue weighted by atomic mass is 32.1. The first-order valence-electron chi connectivity index (χ1n) is 4.44. The van der Waals surface area contributed by atoms with Crippen LogP contribution in [-0.4, -0.2) is 5.78 Å². The predicted octanol–water partition coefficient (Wildman–Crippen LogP) is 2.97. The molecule has 0 spiro atoms. The third-order valence-electron chi connectivity index (χ3n) is 1.96. The highest BCUT2D eigenvalue weighted by Gasteiger charge is 2.31. The zero-order valence-electron chi connectivity index (χ0n) is 8.57. The van der Waals surface area contributed by atoms with Crippen molar-refractivity contribution in [3.63, 3.8) is 0 Å². The molecule has 74 valence electrons. The Morgan fingerprint density at radius 3 is 2.57 bits per heavy atom. The molecule has 2 nitrogen and oxygen atoms in total. The first kappa shape index (κ1) is 10.9. The van der Waals surface area contributed by atoms with E-state index >= 15 is 0 Å². The van der Waals surface area contributed by atoms with Crippen LogP contribution >= 0.6 is 11.3 Å². The van der Waals surface area contributed by atoms with E-state index in [1.807, 2.05) is 38.3 Å². The fourth-order valence-electron chi connectivity index (χ4n) is 1.14. The lowest BCUT2D eigenvalue weighted by Gasteiger charge is -2.19. The molecule has 0 N–H and O–H groups in total. The van der Waals surface area contributed by atoms with Gasteiger partial charge in [0.2, 0.25) is 0 Å². The minimum absolute atomic E-state index is 0.0116. The van der Waals surface area contributed by atoms with E-state index < -0.39 is 11.3 Å². The number of carbonyl (C=O) groups is 1. The summed E-state index contributed by atoms with van der Waals surface area (Å²) in [4.78, 5) is 12.7. The van der Waals surface area contributed by atoms with Gasteiger partial charge in [-0.05, 0) is 11.4 Å². The molecule has 1 aromatic rings. The Kier molecular flexibility index (Phi) is 3.07. The summed E-state index contributed by atoms with van der Waals surface area (Å²) in [5, 5.41) is 10.9. The van der Waals surface area contributed by atoms with Crippen LogP contribution in [0.25, 0.3) is 0 Å². The van der Waals surface area contributed by atoms with Crippen LogP contribution in [0.2, 0.25) is 0 Å². The Labute approximate surface area is 88.2 Å². The van der Waals surface area contributed by atoms with E-state index in [-0.39, 0.29) is 5.78 Å². The molecule has 0 aromatic carbocycles. The Morgan fingerprint density at radius 1 is 1.57 bits per heavy atom. The van der Waals surface area contributed by atoms with E-state index in [1.54, 1.807) is 0 Å². The van der Waals surface area contributed by atoms with E-state index in [0.29, 0.717) is 0 Å². The monoisotopic (exact) mass is 207 g/mol. The van der Waals surface area contributed by atoms with E-state index in [2.05, 4.69) is 6.07 Å². The maximum Gasteiger partial charge on any atom is 0.160 e. The smallest absolute Gasteiger partial charge is 0.160 e. The third kappa shape index (κ3) is 2.21. The van der Waals surface area contributed by atoms with Gasteiger partial charge in [-0.15, -0.1) is 11.3 Å². The van der Waals surface area contributed by atoms with E-state index in [4.69, 9.17) is 5.26 Å². The second kappa shape index (κ2) is 3.93. The summed E-state index contributed by atoms with van der Waals surface area (Å²) >= 11 is 1.46. The lowest BCUT2D eigenvalue weighted by Crippen LogP contribution is -2.25. The molecule has 0 fully saturated rings. The average molecular weight is 207 g/mol. The quantitative estimate of drug-likeness (QED) is 0.748. The van der Waals surface area contributed by atoms with Gasteiger partial charge in [-0.3, -0.25) is 4.79 Å². The van der Waals surface area contributed by atoms with E-state index in [1.165, 1.54) is 11.3 Å². The number of Topliss-reactive ketones (excluding diaryl/α,β-unsaturated/α-hetero) is 1. The van der Waals surface area contributed by atoms with Crippen molar-refractivity contribution >= 4 is 17.1 Å². The number of nitrogens with zero attached hydrogens (tertiary/aromatic N) is 1. The first-order chi connectivity index (χ1) is 6.46. The lowest BCUT2D eigenvalue weighted by molar-refractivity contribution is -0.126. The van der Waals surface area contributed by atoms with Crippen molar-refractivity contribution in [3.05, 3.63) is 22.4 Å².